The molecule has 2 aliphatic heterocycles. The average molecular weight is 431 g/mol. The van der Waals surface area contributed by atoms with Gasteiger partial charge in [0, 0.05) is 24.7 Å². The van der Waals surface area contributed by atoms with Crippen LogP contribution in [0.4, 0.5) is 0 Å². The van der Waals surface area contributed by atoms with Crippen molar-refractivity contribution in [2.24, 2.45) is 0 Å². The minimum atomic E-state index is 0.306. The molecule has 3 aliphatic rings. The molecule has 6 nitrogen and oxygen atoms in total. The summed E-state index contributed by atoms with van der Waals surface area (Å²) in [5.74, 6) is 0.306. The molecule has 2 fully saturated rings. The summed E-state index contributed by atoms with van der Waals surface area (Å²) >= 11 is 0. The molecular weight excluding hydrogens is 398 g/mol. The van der Waals surface area contributed by atoms with E-state index in [2.05, 4.69) is 40.3 Å². The van der Waals surface area contributed by atoms with E-state index < -0.39 is 0 Å². The Morgan fingerprint density at radius 3 is 2.66 bits per heavy atom. The van der Waals surface area contributed by atoms with Crippen LogP contribution in [0.15, 0.2) is 48.7 Å². The fraction of sp³-hybridized carbons (Fsp3) is 0.462. The Kier molecular flexibility index (Phi) is 5.20. The maximum absolute atomic E-state index is 12.9. The van der Waals surface area contributed by atoms with Gasteiger partial charge in [-0.1, -0.05) is 24.3 Å². The molecular formula is C26H32N5O+. The lowest BCUT2D eigenvalue weighted by Gasteiger charge is -2.40. The van der Waals surface area contributed by atoms with Crippen LogP contribution in [0.1, 0.15) is 30.4 Å². The van der Waals surface area contributed by atoms with Crippen molar-refractivity contribution in [2.45, 2.75) is 38.3 Å². The van der Waals surface area contributed by atoms with E-state index in [1.54, 1.807) is 4.90 Å². The predicted octanol–water partition coefficient (Wildman–Crippen LogP) is 1.66. The Hall–Kier alpha value is -2.70. The third-order valence-electron chi connectivity index (χ3n) is 7.76. The van der Waals surface area contributed by atoms with E-state index in [4.69, 9.17) is 5.10 Å². The summed E-state index contributed by atoms with van der Waals surface area (Å²) in [5.41, 5.74) is 4.84. The van der Waals surface area contributed by atoms with E-state index in [0.717, 1.165) is 68.3 Å². The van der Waals surface area contributed by atoms with E-state index in [1.807, 2.05) is 22.9 Å². The lowest BCUT2D eigenvalue weighted by atomic mass is 9.91. The van der Waals surface area contributed by atoms with Crippen molar-refractivity contribution in [3.05, 3.63) is 59.8 Å². The van der Waals surface area contributed by atoms with Gasteiger partial charge in [-0.25, -0.2) is 4.68 Å². The minimum absolute atomic E-state index is 0.306. The lowest BCUT2D eigenvalue weighted by molar-refractivity contribution is -0.934. The van der Waals surface area contributed by atoms with E-state index in [9.17, 15) is 4.79 Å². The summed E-state index contributed by atoms with van der Waals surface area (Å²) in [7, 11) is 0. The van der Waals surface area contributed by atoms with Crippen LogP contribution in [-0.4, -0.2) is 70.8 Å². The van der Waals surface area contributed by atoms with Gasteiger partial charge < -0.3 is 9.80 Å². The molecule has 1 saturated carbocycles. The second-order valence-electron chi connectivity index (χ2n) is 9.71. The zero-order chi connectivity index (χ0) is 21.5. The number of carbonyl (C=O) groups excluding carboxylic acids is 1. The Balaban J connectivity index is 1.08. The molecule has 32 heavy (non-hydrogen) atoms. The Labute approximate surface area is 189 Å². The quantitative estimate of drug-likeness (QED) is 0.685. The van der Waals surface area contributed by atoms with E-state index in [1.165, 1.54) is 30.4 Å². The lowest BCUT2D eigenvalue weighted by Crippen LogP contribution is -3.19. The minimum Gasteiger partial charge on any atom is -0.330 e. The largest absolute Gasteiger partial charge is 0.330 e. The summed E-state index contributed by atoms with van der Waals surface area (Å²) in [4.78, 5) is 19.1. The number of benzene rings is 2. The fourth-order valence-corrected chi connectivity index (χ4v) is 5.53. The number of piperazine rings is 1. The third kappa shape index (κ3) is 3.82. The molecule has 2 aromatic carbocycles. The van der Waals surface area contributed by atoms with Gasteiger partial charge in [0.2, 0.25) is 5.91 Å². The molecule has 0 radical (unpaired) electrons. The first-order chi connectivity index (χ1) is 15.7. The molecule has 1 saturated heterocycles. The van der Waals surface area contributed by atoms with Gasteiger partial charge in [0.1, 0.15) is 0 Å². The highest BCUT2D eigenvalue weighted by Gasteiger charge is 2.33. The SMILES string of the molecule is O=C(CN1CCc2cc(-n3cc4ccccc4n3)ccc2C1)N1CC[NH+](C2CCC2)CC1. The van der Waals surface area contributed by atoms with Gasteiger partial charge in [-0.3, -0.25) is 9.69 Å². The van der Waals surface area contributed by atoms with E-state index >= 15 is 0 Å². The number of amides is 1. The average Bonchev–Trinajstić information content (AvgIpc) is 3.22. The molecule has 1 aliphatic carbocycles. The van der Waals surface area contributed by atoms with Crippen LogP contribution in [0, 0.1) is 0 Å². The molecule has 0 unspecified atom stereocenters. The van der Waals surface area contributed by atoms with Crippen molar-refractivity contribution >= 4 is 16.8 Å². The van der Waals surface area contributed by atoms with Crippen LogP contribution < -0.4 is 4.90 Å². The summed E-state index contributed by atoms with van der Waals surface area (Å²) in [6.45, 7) is 6.46. The van der Waals surface area contributed by atoms with Gasteiger partial charge in [-0.15, -0.1) is 0 Å². The topological polar surface area (TPSA) is 45.8 Å². The van der Waals surface area contributed by atoms with Gasteiger partial charge in [-0.2, -0.15) is 5.10 Å². The van der Waals surface area contributed by atoms with E-state index in [-0.39, 0.29) is 0 Å². The molecule has 3 aromatic rings. The van der Waals surface area contributed by atoms with Crippen molar-refractivity contribution in [1.29, 1.82) is 0 Å². The highest BCUT2D eigenvalue weighted by atomic mass is 16.2. The number of quaternary nitrogens is 1. The normalized spacial score (nSPS) is 20.3. The van der Waals surface area contributed by atoms with Gasteiger partial charge in [-0.05, 0) is 55.0 Å². The van der Waals surface area contributed by atoms with Gasteiger partial charge >= 0.3 is 0 Å². The van der Waals surface area contributed by atoms with E-state index in [0.29, 0.717) is 12.5 Å². The molecule has 6 rings (SSSR count). The monoisotopic (exact) mass is 430 g/mol. The fourth-order valence-electron chi connectivity index (χ4n) is 5.53. The maximum Gasteiger partial charge on any atom is 0.237 e. The van der Waals surface area contributed by atoms with Crippen molar-refractivity contribution in [2.75, 3.05) is 39.3 Å². The molecule has 166 valence electrons. The number of nitrogens with zero attached hydrogens (tertiary/aromatic N) is 4. The van der Waals surface area contributed by atoms with Crippen molar-refractivity contribution < 1.29 is 9.69 Å². The number of hydrogen-bond donors (Lipinski definition) is 1. The number of fused-ring (bicyclic) bond motifs is 2. The van der Waals surface area contributed by atoms with Crippen LogP contribution in [0.2, 0.25) is 0 Å². The highest BCUT2D eigenvalue weighted by molar-refractivity contribution is 5.79. The standard InChI is InChI=1S/C26H31N5O/c32-26(30-14-12-29(13-15-30)23-5-3-6-23)19-28-11-10-20-16-24(9-8-21(20)17-28)31-18-22-4-1-2-7-25(22)27-31/h1-2,4,7-9,16,18,23H,3,5-6,10-15,17,19H2/p+1. The summed E-state index contributed by atoms with van der Waals surface area (Å²) in [6, 6.07) is 15.7. The van der Waals surface area contributed by atoms with Crippen molar-refractivity contribution in [3.8, 4) is 5.69 Å². The van der Waals surface area contributed by atoms with Crippen molar-refractivity contribution in [1.82, 2.24) is 19.6 Å². The number of aromatic nitrogens is 2. The zero-order valence-corrected chi connectivity index (χ0v) is 18.7. The Morgan fingerprint density at radius 1 is 1.03 bits per heavy atom. The predicted molar refractivity (Wildman–Crippen MR) is 125 cm³/mol. The Morgan fingerprint density at radius 2 is 1.88 bits per heavy atom. The van der Waals surface area contributed by atoms with Crippen LogP contribution in [-0.2, 0) is 17.8 Å². The van der Waals surface area contributed by atoms with Crippen molar-refractivity contribution in [3.63, 3.8) is 0 Å². The number of nitrogens with one attached hydrogen (secondary N) is 1. The van der Waals surface area contributed by atoms with Crippen LogP contribution in [0.25, 0.3) is 16.6 Å². The second-order valence-corrected chi connectivity index (χ2v) is 9.71. The molecule has 0 atom stereocenters. The molecule has 0 bridgehead atoms. The molecule has 6 heteroatoms. The smallest absolute Gasteiger partial charge is 0.237 e. The molecule has 1 aromatic heterocycles. The van der Waals surface area contributed by atoms with Gasteiger partial charge in [0.15, 0.2) is 0 Å². The van der Waals surface area contributed by atoms with Crippen LogP contribution in [0.3, 0.4) is 0 Å². The molecule has 1 N–H and O–H groups in total. The number of hydrogen-bond acceptors (Lipinski definition) is 3. The first-order valence-electron chi connectivity index (χ1n) is 12.1. The second kappa shape index (κ2) is 8.34. The Bertz CT molecular complexity index is 1090. The summed E-state index contributed by atoms with van der Waals surface area (Å²) in [6.07, 6.45) is 7.24. The first kappa shape index (κ1) is 19.9. The molecule has 3 heterocycles. The van der Waals surface area contributed by atoms with Gasteiger partial charge in [0.05, 0.1) is 50.0 Å². The maximum atomic E-state index is 12.9. The third-order valence-corrected chi connectivity index (χ3v) is 7.76. The number of rotatable bonds is 4. The number of carbonyl (C=O) groups is 1. The first-order valence-corrected chi connectivity index (χ1v) is 12.1. The molecule has 1 amide bonds. The molecule has 0 spiro atoms. The van der Waals surface area contributed by atoms with Gasteiger partial charge in [0.25, 0.3) is 0 Å². The van der Waals surface area contributed by atoms with Crippen LogP contribution in [0.5, 0.6) is 0 Å². The summed E-state index contributed by atoms with van der Waals surface area (Å²) in [5, 5.41) is 5.87. The van der Waals surface area contributed by atoms with Crippen LogP contribution >= 0.6 is 0 Å². The highest BCUT2D eigenvalue weighted by Crippen LogP contribution is 2.23. The summed E-state index contributed by atoms with van der Waals surface area (Å²) < 4.78 is 1.98. The zero-order valence-electron chi connectivity index (χ0n) is 18.7.